The first kappa shape index (κ1) is 113. The van der Waals surface area contributed by atoms with Crippen molar-refractivity contribution < 1.29 is 20.2 Å². The normalized spacial score (nSPS) is 2.41. The molecule has 0 aliphatic carbocycles. The number of aliphatic carboxylic acids is 1. The van der Waals surface area contributed by atoms with Gasteiger partial charge in [-0.05, 0) is 6.58 Å². The Labute approximate surface area is 107 Å². The molecular weight excluding hydrogens is 228 g/mol. The average Bonchev–Trinajstić information content (AvgIpc) is 1.96. The number of hydrogen-bond acceptors (Lipinski definition) is 4. The number of carbonyl (C=O) groups excluding carboxylic acids is 1. The summed E-state index contributed by atoms with van der Waals surface area (Å²) in [6.07, 6.45) is 0. The maximum Gasteiger partial charge on any atom is 0.300 e. The van der Waals surface area contributed by atoms with Gasteiger partial charge in [-0.2, -0.15) is 0 Å². The van der Waals surface area contributed by atoms with Crippen molar-refractivity contribution in [3.05, 3.63) is 29.7 Å². The fourth-order valence-corrected chi connectivity index (χ4v) is 0. The predicted molar refractivity (Wildman–Crippen MR) is 79.9 cm³/mol. The Hall–Kier alpha value is -1.78. The van der Waals surface area contributed by atoms with E-state index in [4.69, 9.17) is 24.6 Å². The van der Waals surface area contributed by atoms with Crippen LogP contribution in [0.15, 0.2) is 19.7 Å². The van der Waals surface area contributed by atoms with Crippen LogP contribution in [-0.4, -0.2) is 22.5 Å². The van der Waals surface area contributed by atoms with Gasteiger partial charge in [-0.3, -0.25) is 4.79 Å². The maximum absolute atomic E-state index is 9.00. The standard InChI is InChI=1S/C2H4O2.C2H2O.C2H4.5CH4.O2.H2O/c1-2(3)4;1-2-3;1-2;;;;;;1-2;/h1H3,(H,3,4);1H2;1-2H2;5*1H4;;1H2. The molecule has 0 aromatic rings. The molecule has 0 aliphatic rings. The summed E-state index contributed by atoms with van der Waals surface area (Å²) in [5.41, 5.74) is 0. The third kappa shape index (κ3) is 670. The van der Waals surface area contributed by atoms with Crippen LogP contribution in [-0.2, 0) is 9.59 Å². The van der Waals surface area contributed by atoms with Crippen LogP contribution in [0.4, 0.5) is 0 Å². The summed E-state index contributed by atoms with van der Waals surface area (Å²) >= 11 is 0. The Kier molecular flexibility index (Phi) is 3350. The minimum atomic E-state index is -0.833. The zero-order chi connectivity index (χ0) is 10.3. The van der Waals surface area contributed by atoms with Gasteiger partial charge in [0, 0.05) is 16.9 Å². The molecule has 0 rings (SSSR count). The van der Waals surface area contributed by atoms with Gasteiger partial charge < -0.3 is 10.6 Å². The SMILES string of the molecule is C.C.C.C.C.C=C.C=C=O.CC(=O)O.O.O=O. The Morgan fingerprint density at radius 2 is 1.00 bits per heavy atom. The van der Waals surface area contributed by atoms with Crippen LogP contribution >= 0.6 is 0 Å². The fourth-order valence-electron chi connectivity index (χ4n) is 0. The van der Waals surface area contributed by atoms with Crippen LogP contribution in [0.2, 0.25) is 0 Å². The summed E-state index contributed by atoms with van der Waals surface area (Å²) in [6, 6.07) is 0. The van der Waals surface area contributed by atoms with E-state index < -0.39 is 5.97 Å². The lowest BCUT2D eigenvalue weighted by atomic mass is 10.9. The van der Waals surface area contributed by atoms with E-state index >= 15 is 0 Å². The Morgan fingerprint density at radius 1 is 1.00 bits per heavy atom. The van der Waals surface area contributed by atoms with Gasteiger partial charge in [0.25, 0.3) is 5.97 Å². The summed E-state index contributed by atoms with van der Waals surface area (Å²) < 4.78 is 0. The molecule has 0 amide bonds. The topological polar surface area (TPSA) is 120 Å². The number of rotatable bonds is 0. The van der Waals surface area contributed by atoms with Crippen molar-refractivity contribution in [2.24, 2.45) is 0 Å². The van der Waals surface area contributed by atoms with Crippen molar-refractivity contribution >= 4 is 11.9 Å². The van der Waals surface area contributed by atoms with Gasteiger partial charge in [0.15, 0.2) is 0 Å². The lowest BCUT2D eigenvalue weighted by Crippen LogP contribution is -1.78. The van der Waals surface area contributed by atoms with Gasteiger partial charge in [-0.25, -0.2) is 4.79 Å². The van der Waals surface area contributed by atoms with E-state index in [9.17, 15) is 0 Å². The Bertz CT molecular complexity index is 103. The molecule has 0 saturated carbocycles. The summed E-state index contributed by atoms with van der Waals surface area (Å²) in [4.78, 5) is 31.6. The molecule has 0 aliphatic heterocycles. The molecule has 0 atom stereocenters. The van der Waals surface area contributed by atoms with Crippen LogP contribution in [0.3, 0.4) is 0 Å². The molecule has 0 unspecified atom stereocenters. The van der Waals surface area contributed by atoms with Gasteiger partial charge in [-0.1, -0.05) is 37.1 Å². The number of carboxylic acid groups (broad SMARTS) is 1. The molecule has 0 bridgehead atoms. The second-order valence-electron chi connectivity index (χ2n) is 0.663. The van der Waals surface area contributed by atoms with Gasteiger partial charge in [-0.15, -0.1) is 13.2 Å². The van der Waals surface area contributed by atoms with Crippen molar-refractivity contribution in [1.82, 2.24) is 0 Å². The van der Waals surface area contributed by atoms with E-state index in [2.05, 4.69) is 19.7 Å². The highest BCUT2D eigenvalue weighted by atomic mass is 16.7. The highest BCUT2D eigenvalue weighted by Crippen LogP contribution is 1.42. The highest BCUT2D eigenvalue weighted by Gasteiger charge is 1.65. The molecule has 0 saturated heterocycles. The number of carboxylic acids is 1. The second kappa shape index (κ2) is 504. The minimum absolute atomic E-state index is 0. The summed E-state index contributed by atoms with van der Waals surface area (Å²) in [5.74, 6) is 0.417. The highest BCUT2D eigenvalue weighted by molar-refractivity contribution is 5.62. The summed E-state index contributed by atoms with van der Waals surface area (Å²) in [7, 11) is 0. The smallest absolute Gasteiger partial charge is 0.300 e. The van der Waals surface area contributed by atoms with E-state index in [-0.39, 0.29) is 42.6 Å². The molecule has 6 heteroatoms. The molecule has 0 aromatic heterocycles. The minimum Gasteiger partial charge on any atom is -0.481 e. The monoisotopic (exact) mass is 260 g/mol. The molecule has 0 heterocycles. The van der Waals surface area contributed by atoms with Crippen LogP contribution in [0.1, 0.15) is 44.1 Å². The molecule has 0 radical (unpaired) electrons. The zero-order valence-electron chi connectivity index (χ0n) is 6.70. The molecule has 0 aromatic carbocycles. The van der Waals surface area contributed by atoms with E-state index in [0.29, 0.717) is 0 Å². The van der Waals surface area contributed by atoms with Crippen LogP contribution in [0.5, 0.6) is 0 Å². The fraction of sp³-hybridized carbons (Fsp3) is 0.545. The Balaban J connectivity index is -0.00000000444. The quantitative estimate of drug-likeness (QED) is 0.529. The van der Waals surface area contributed by atoms with E-state index in [1.807, 2.05) is 0 Å². The van der Waals surface area contributed by atoms with Crippen molar-refractivity contribution in [1.29, 1.82) is 0 Å². The van der Waals surface area contributed by atoms with Crippen molar-refractivity contribution in [3.8, 4) is 0 Å². The van der Waals surface area contributed by atoms with Gasteiger partial charge in [0.2, 0.25) is 0 Å². The molecule has 6 nitrogen and oxygen atoms in total. The van der Waals surface area contributed by atoms with Gasteiger partial charge in [0.1, 0.15) is 5.94 Å². The average molecular weight is 260 g/mol. The first-order chi connectivity index (χ1) is 5.15. The van der Waals surface area contributed by atoms with Crippen LogP contribution in [0.25, 0.3) is 0 Å². The number of carbonyl (C=O) groups is 1. The third-order valence-corrected chi connectivity index (χ3v) is 0. The lowest BCUT2D eigenvalue weighted by molar-refractivity contribution is -0.134. The van der Waals surface area contributed by atoms with Gasteiger partial charge in [0.05, 0.1) is 0 Å². The lowest BCUT2D eigenvalue weighted by Gasteiger charge is -1.59. The second-order valence-corrected chi connectivity index (χ2v) is 0.663. The van der Waals surface area contributed by atoms with Gasteiger partial charge >= 0.3 is 0 Å². The molecule has 0 spiro atoms. The first-order valence-corrected chi connectivity index (χ1v) is 2.15. The summed E-state index contributed by atoms with van der Waals surface area (Å²) in [6.45, 7) is 9.76. The molecule has 3 N–H and O–H groups in total. The molecule has 112 valence electrons. The van der Waals surface area contributed by atoms with Crippen molar-refractivity contribution in [2.75, 3.05) is 0 Å². The molecule has 0 fully saturated rings. The van der Waals surface area contributed by atoms with Crippen LogP contribution < -0.4 is 0 Å². The van der Waals surface area contributed by atoms with E-state index in [0.717, 1.165) is 6.92 Å². The zero-order valence-corrected chi connectivity index (χ0v) is 6.70. The van der Waals surface area contributed by atoms with Crippen LogP contribution in [0, 0.1) is 9.93 Å². The predicted octanol–water partition coefficient (Wildman–Crippen LogP) is 3.32. The van der Waals surface area contributed by atoms with Crippen molar-refractivity contribution in [3.63, 3.8) is 0 Å². The van der Waals surface area contributed by atoms with E-state index in [1.54, 1.807) is 0 Å². The van der Waals surface area contributed by atoms with E-state index in [1.165, 1.54) is 5.94 Å². The summed E-state index contributed by atoms with van der Waals surface area (Å²) in [5, 5.41) is 7.42. The molecular formula is C11H32O6. The molecule has 17 heavy (non-hydrogen) atoms. The largest absolute Gasteiger partial charge is 0.481 e. The Morgan fingerprint density at radius 3 is 1.00 bits per heavy atom. The maximum atomic E-state index is 9.00. The van der Waals surface area contributed by atoms with Crippen molar-refractivity contribution in [2.45, 2.75) is 44.1 Å². The third-order valence-electron chi connectivity index (χ3n) is 0. The first-order valence-electron chi connectivity index (χ1n) is 2.15. The number of hydrogen-bond donors (Lipinski definition) is 1.